The van der Waals surface area contributed by atoms with E-state index in [0.29, 0.717) is 6.42 Å². The highest BCUT2D eigenvalue weighted by atomic mass is 16.5. The summed E-state index contributed by atoms with van der Waals surface area (Å²) in [4.78, 5) is 15.8. The van der Waals surface area contributed by atoms with Gasteiger partial charge >= 0.3 is 5.97 Å². The third-order valence-corrected chi connectivity index (χ3v) is 3.63. The molecule has 0 aliphatic carbocycles. The van der Waals surface area contributed by atoms with Crippen molar-refractivity contribution in [1.29, 1.82) is 0 Å². The first-order chi connectivity index (χ1) is 10.3. The molecule has 1 aromatic carbocycles. The summed E-state index contributed by atoms with van der Waals surface area (Å²) in [5, 5.41) is 0. The van der Waals surface area contributed by atoms with Crippen LogP contribution in [0.2, 0.25) is 0 Å². The minimum absolute atomic E-state index is 0.133. The van der Waals surface area contributed by atoms with Gasteiger partial charge in [-0.05, 0) is 12.1 Å². The molecule has 0 amide bonds. The van der Waals surface area contributed by atoms with Crippen LogP contribution in [0.1, 0.15) is 12.0 Å². The van der Waals surface area contributed by atoms with Crippen molar-refractivity contribution in [2.75, 3.05) is 46.4 Å². The summed E-state index contributed by atoms with van der Waals surface area (Å²) < 4.78 is 4.66. The molecule has 0 radical (unpaired) electrons. The maximum atomic E-state index is 11.1. The standard InChI is InChI=1S/C17H22N2O2/c1-21-17(20)9-11-19-14-12-18(13-15-19)10-5-8-16-6-3-2-4-7-16/h2-4,6-7H,9-15H2,1H3. The highest BCUT2D eigenvalue weighted by molar-refractivity contribution is 5.69. The molecule has 1 aromatic rings. The molecule has 4 nitrogen and oxygen atoms in total. The van der Waals surface area contributed by atoms with Gasteiger partial charge in [0, 0.05) is 38.3 Å². The van der Waals surface area contributed by atoms with Gasteiger partial charge in [-0.3, -0.25) is 9.69 Å². The second kappa shape index (κ2) is 8.46. The Bertz CT molecular complexity index is 497. The van der Waals surface area contributed by atoms with E-state index in [1.807, 2.05) is 30.3 Å². The minimum Gasteiger partial charge on any atom is -0.469 e. The van der Waals surface area contributed by atoms with E-state index in [2.05, 4.69) is 26.4 Å². The fourth-order valence-electron chi connectivity index (χ4n) is 2.30. The molecule has 0 N–H and O–H groups in total. The molecule has 21 heavy (non-hydrogen) atoms. The van der Waals surface area contributed by atoms with E-state index in [1.54, 1.807) is 0 Å². The van der Waals surface area contributed by atoms with E-state index >= 15 is 0 Å². The maximum Gasteiger partial charge on any atom is 0.306 e. The molecular weight excluding hydrogens is 264 g/mol. The van der Waals surface area contributed by atoms with Gasteiger partial charge < -0.3 is 9.64 Å². The fourth-order valence-corrected chi connectivity index (χ4v) is 2.30. The van der Waals surface area contributed by atoms with Crippen LogP contribution in [0.3, 0.4) is 0 Å². The van der Waals surface area contributed by atoms with Gasteiger partial charge in [0.1, 0.15) is 0 Å². The first-order valence-electron chi connectivity index (χ1n) is 7.33. The third kappa shape index (κ3) is 5.58. The Balaban J connectivity index is 1.68. The normalized spacial score (nSPS) is 16.0. The molecule has 1 saturated heterocycles. The van der Waals surface area contributed by atoms with E-state index in [4.69, 9.17) is 0 Å². The molecule has 1 heterocycles. The van der Waals surface area contributed by atoms with Crippen LogP contribution in [0.25, 0.3) is 0 Å². The summed E-state index contributed by atoms with van der Waals surface area (Å²) in [6, 6.07) is 10.1. The van der Waals surface area contributed by atoms with E-state index < -0.39 is 0 Å². The number of carbonyl (C=O) groups is 1. The van der Waals surface area contributed by atoms with Crippen molar-refractivity contribution in [3.63, 3.8) is 0 Å². The molecule has 4 heteroatoms. The minimum atomic E-state index is -0.133. The van der Waals surface area contributed by atoms with Crippen molar-refractivity contribution in [2.24, 2.45) is 0 Å². The highest BCUT2D eigenvalue weighted by Gasteiger charge is 2.16. The smallest absolute Gasteiger partial charge is 0.306 e. The Morgan fingerprint density at radius 1 is 1.14 bits per heavy atom. The van der Waals surface area contributed by atoms with Crippen molar-refractivity contribution < 1.29 is 9.53 Å². The average Bonchev–Trinajstić information content (AvgIpc) is 2.55. The number of carbonyl (C=O) groups excluding carboxylic acids is 1. The molecular formula is C17H22N2O2. The van der Waals surface area contributed by atoms with Crippen LogP contribution < -0.4 is 0 Å². The Morgan fingerprint density at radius 2 is 1.81 bits per heavy atom. The molecule has 0 saturated carbocycles. The van der Waals surface area contributed by atoms with Crippen LogP contribution in [0.5, 0.6) is 0 Å². The van der Waals surface area contributed by atoms with E-state index in [-0.39, 0.29) is 5.97 Å². The van der Waals surface area contributed by atoms with Crippen molar-refractivity contribution in [3.05, 3.63) is 35.9 Å². The van der Waals surface area contributed by atoms with Gasteiger partial charge in [0.05, 0.1) is 20.1 Å². The van der Waals surface area contributed by atoms with Crippen molar-refractivity contribution >= 4 is 5.97 Å². The predicted molar refractivity (Wildman–Crippen MR) is 82.8 cm³/mol. The second-order valence-electron chi connectivity index (χ2n) is 5.11. The summed E-state index contributed by atoms with van der Waals surface area (Å²) in [7, 11) is 1.44. The number of methoxy groups -OCH3 is 1. The first-order valence-corrected chi connectivity index (χ1v) is 7.33. The van der Waals surface area contributed by atoms with E-state index in [1.165, 1.54) is 7.11 Å². The van der Waals surface area contributed by atoms with Crippen LogP contribution in [0.15, 0.2) is 30.3 Å². The van der Waals surface area contributed by atoms with Gasteiger partial charge in [0.2, 0.25) is 0 Å². The Kier molecular flexibility index (Phi) is 6.26. The number of hydrogen-bond donors (Lipinski definition) is 0. The first kappa shape index (κ1) is 15.6. The van der Waals surface area contributed by atoms with Gasteiger partial charge in [0.25, 0.3) is 0 Å². The fraction of sp³-hybridized carbons (Fsp3) is 0.471. The number of ether oxygens (including phenoxy) is 1. The van der Waals surface area contributed by atoms with Crippen LogP contribution >= 0.6 is 0 Å². The molecule has 1 aliphatic heterocycles. The lowest BCUT2D eigenvalue weighted by atomic mass is 10.2. The lowest BCUT2D eigenvalue weighted by Gasteiger charge is -2.33. The van der Waals surface area contributed by atoms with Crippen molar-refractivity contribution in [3.8, 4) is 11.8 Å². The van der Waals surface area contributed by atoms with Gasteiger partial charge in [-0.15, -0.1) is 0 Å². The summed E-state index contributed by atoms with van der Waals surface area (Å²) >= 11 is 0. The largest absolute Gasteiger partial charge is 0.469 e. The number of piperazine rings is 1. The van der Waals surface area contributed by atoms with Crippen LogP contribution in [-0.2, 0) is 9.53 Å². The molecule has 0 aromatic heterocycles. The molecule has 0 bridgehead atoms. The number of rotatable bonds is 4. The van der Waals surface area contributed by atoms with Crippen LogP contribution in [0.4, 0.5) is 0 Å². The zero-order chi connectivity index (χ0) is 14.9. The number of benzene rings is 1. The summed E-state index contributed by atoms with van der Waals surface area (Å²) in [5.41, 5.74) is 1.06. The monoisotopic (exact) mass is 286 g/mol. The predicted octanol–water partition coefficient (Wildman–Crippen LogP) is 1.22. The topological polar surface area (TPSA) is 32.8 Å². The second-order valence-corrected chi connectivity index (χ2v) is 5.11. The Hall–Kier alpha value is -1.83. The molecule has 1 aliphatic rings. The zero-order valence-corrected chi connectivity index (χ0v) is 12.5. The summed E-state index contributed by atoms with van der Waals surface area (Å²) in [6.07, 6.45) is 0.477. The van der Waals surface area contributed by atoms with Crippen molar-refractivity contribution in [2.45, 2.75) is 6.42 Å². The third-order valence-electron chi connectivity index (χ3n) is 3.63. The van der Waals surface area contributed by atoms with Crippen LogP contribution in [0, 0.1) is 11.8 Å². The molecule has 2 rings (SSSR count). The Morgan fingerprint density at radius 3 is 2.48 bits per heavy atom. The molecule has 112 valence electrons. The lowest BCUT2D eigenvalue weighted by molar-refractivity contribution is -0.141. The maximum absolute atomic E-state index is 11.1. The molecule has 0 atom stereocenters. The highest BCUT2D eigenvalue weighted by Crippen LogP contribution is 2.02. The summed E-state index contributed by atoms with van der Waals surface area (Å²) in [5.74, 6) is 6.28. The average molecular weight is 286 g/mol. The zero-order valence-electron chi connectivity index (χ0n) is 12.5. The van der Waals surface area contributed by atoms with Gasteiger partial charge in [-0.2, -0.15) is 0 Å². The quantitative estimate of drug-likeness (QED) is 0.615. The van der Waals surface area contributed by atoms with Gasteiger partial charge in [0.15, 0.2) is 0 Å². The summed E-state index contributed by atoms with van der Waals surface area (Å²) in [6.45, 7) is 5.58. The van der Waals surface area contributed by atoms with Gasteiger partial charge in [-0.25, -0.2) is 0 Å². The molecule has 1 fully saturated rings. The van der Waals surface area contributed by atoms with Crippen LogP contribution in [-0.4, -0.2) is 62.1 Å². The van der Waals surface area contributed by atoms with Gasteiger partial charge in [-0.1, -0.05) is 30.0 Å². The molecule has 0 spiro atoms. The number of nitrogens with zero attached hydrogens (tertiary/aromatic N) is 2. The Labute approximate surface area is 126 Å². The van der Waals surface area contributed by atoms with Crippen molar-refractivity contribution in [1.82, 2.24) is 9.80 Å². The number of hydrogen-bond acceptors (Lipinski definition) is 4. The molecule has 0 unspecified atom stereocenters. The van der Waals surface area contributed by atoms with E-state index in [0.717, 1.165) is 44.8 Å². The van der Waals surface area contributed by atoms with E-state index in [9.17, 15) is 4.79 Å². The lowest BCUT2D eigenvalue weighted by Crippen LogP contribution is -2.46. The number of esters is 1. The SMILES string of the molecule is COC(=O)CCN1CCN(CC#Cc2ccccc2)CC1.